The number of nitrogens with zero attached hydrogens (tertiary/aromatic N) is 2. The number of carbonyl (C=O) groups excluding carboxylic acids is 1. The standard InChI is InChI=1S/C21H23N3O3S2/c1-13-5-3-6-14(11-13)22-17(25)12-28-21-23-19-18(15-7-4-8-16(15)29-19)20(26)24(21)9-10-27-2/h3,5-6,11H,4,7-10,12H2,1-2H3,(H,22,25). The predicted octanol–water partition coefficient (Wildman–Crippen LogP) is 3.63. The molecule has 1 aliphatic rings. The first-order chi connectivity index (χ1) is 14.1. The Morgan fingerprint density at radius 3 is 3.03 bits per heavy atom. The van der Waals surface area contributed by atoms with Crippen molar-refractivity contribution in [3.8, 4) is 0 Å². The number of nitrogens with one attached hydrogen (secondary N) is 1. The smallest absolute Gasteiger partial charge is 0.263 e. The highest BCUT2D eigenvalue weighted by Gasteiger charge is 2.23. The van der Waals surface area contributed by atoms with Gasteiger partial charge in [0.05, 0.1) is 24.3 Å². The lowest BCUT2D eigenvalue weighted by molar-refractivity contribution is -0.113. The first-order valence-corrected chi connectivity index (χ1v) is 11.4. The summed E-state index contributed by atoms with van der Waals surface area (Å²) < 4.78 is 6.84. The zero-order valence-electron chi connectivity index (χ0n) is 16.5. The molecule has 0 fully saturated rings. The molecule has 0 spiro atoms. The number of hydrogen-bond donors (Lipinski definition) is 1. The second-order valence-electron chi connectivity index (χ2n) is 7.09. The number of methoxy groups -OCH3 is 1. The molecule has 0 saturated heterocycles. The van der Waals surface area contributed by atoms with Crippen LogP contribution >= 0.6 is 23.1 Å². The van der Waals surface area contributed by atoms with Crippen LogP contribution in [0, 0.1) is 6.92 Å². The summed E-state index contributed by atoms with van der Waals surface area (Å²) in [4.78, 5) is 32.4. The number of carbonyl (C=O) groups is 1. The van der Waals surface area contributed by atoms with E-state index < -0.39 is 0 Å². The summed E-state index contributed by atoms with van der Waals surface area (Å²) in [6.45, 7) is 2.82. The molecule has 8 heteroatoms. The van der Waals surface area contributed by atoms with Gasteiger partial charge in [0.1, 0.15) is 4.83 Å². The maximum absolute atomic E-state index is 13.2. The Hall–Kier alpha value is -2.16. The number of aromatic nitrogens is 2. The van der Waals surface area contributed by atoms with E-state index in [4.69, 9.17) is 9.72 Å². The second-order valence-corrected chi connectivity index (χ2v) is 9.11. The predicted molar refractivity (Wildman–Crippen MR) is 118 cm³/mol. The van der Waals surface area contributed by atoms with E-state index in [1.54, 1.807) is 23.0 Å². The molecule has 0 atom stereocenters. The van der Waals surface area contributed by atoms with E-state index in [1.807, 2.05) is 31.2 Å². The lowest BCUT2D eigenvalue weighted by Crippen LogP contribution is -2.26. The average Bonchev–Trinajstić information content (AvgIpc) is 3.26. The number of rotatable bonds is 7. The topological polar surface area (TPSA) is 73.2 Å². The normalized spacial score (nSPS) is 13.0. The minimum Gasteiger partial charge on any atom is -0.383 e. The molecular weight excluding hydrogens is 406 g/mol. The summed E-state index contributed by atoms with van der Waals surface area (Å²) >= 11 is 2.91. The minimum absolute atomic E-state index is 0.0203. The number of aryl methyl sites for hydroxylation is 3. The lowest BCUT2D eigenvalue weighted by atomic mass is 10.2. The third-order valence-electron chi connectivity index (χ3n) is 4.94. The highest BCUT2D eigenvalue weighted by Crippen LogP contribution is 2.35. The first-order valence-electron chi connectivity index (χ1n) is 9.60. The average molecular weight is 430 g/mol. The summed E-state index contributed by atoms with van der Waals surface area (Å²) in [7, 11) is 1.61. The molecule has 0 bridgehead atoms. The van der Waals surface area contributed by atoms with Crippen molar-refractivity contribution in [1.29, 1.82) is 0 Å². The van der Waals surface area contributed by atoms with Crippen molar-refractivity contribution in [3.05, 3.63) is 50.6 Å². The van der Waals surface area contributed by atoms with Crippen LogP contribution in [0.3, 0.4) is 0 Å². The maximum Gasteiger partial charge on any atom is 0.263 e. The van der Waals surface area contributed by atoms with E-state index >= 15 is 0 Å². The number of fused-ring (bicyclic) bond motifs is 3. The van der Waals surface area contributed by atoms with Crippen LogP contribution in [0.2, 0.25) is 0 Å². The molecule has 2 heterocycles. The van der Waals surface area contributed by atoms with Gasteiger partial charge in [-0.2, -0.15) is 0 Å². The quantitative estimate of drug-likeness (QED) is 0.459. The lowest BCUT2D eigenvalue weighted by Gasteiger charge is -2.12. The Kier molecular flexibility index (Phi) is 6.03. The van der Waals surface area contributed by atoms with E-state index in [0.717, 1.165) is 40.7 Å². The number of benzene rings is 1. The molecule has 0 saturated carbocycles. The van der Waals surface area contributed by atoms with Crippen molar-refractivity contribution in [3.63, 3.8) is 0 Å². The SMILES string of the molecule is COCCn1c(SCC(=O)Nc2cccc(C)c2)nc2sc3c(c2c1=O)CCC3. The summed E-state index contributed by atoms with van der Waals surface area (Å²) in [5, 5.41) is 4.23. The number of thioether (sulfide) groups is 1. The van der Waals surface area contributed by atoms with Gasteiger partial charge in [-0.15, -0.1) is 11.3 Å². The van der Waals surface area contributed by atoms with E-state index in [1.165, 1.54) is 22.2 Å². The minimum atomic E-state index is -0.123. The molecule has 152 valence electrons. The molecule has 0 radical (unpaired) electrons. The van der Waals surface area contributed by atoms with Gasteiger partial charge in [-0.05, 0) is 49.4 Å². The number of hydrogen-bond acceptors (Lipinski definition) is 6. The number of anilines is 1. The molecule has 1 aliphatic carbocycles. The maximum atomic E-state index is 13.2. The highest BCUT2D eigenvalue weighted by molar-refractivity contribution is 7.99. The van der Waals surface area contributed by atoms with Crippen LogP contribution in [0.1, 0.15) is 22.4 Å². The molecule has 3 aromatic rings. The summed E-state index contributed by atoms with van der Waals surface area (Å²) in [5.74, 6) is 0.0613. The van der Waals surface area contributed by atoms with Gasteiger partial charge < -0.3 is 10.1 Å². The van der Waals surface area contributed by atoms with Crippen molar-refractivity contribution >= 4 is 44.9 Å². The van der Waals surface area contributed by atoms with Crippen molar-refractivity contribution in [2.45, 2.75) is 37.9 Å². The Labute approximate surface area is 177 Å². The zero-order chi connectivity index (χ0) is 20.4. The Morgan fingerprint density at radius 2 is 2.24 bits per heavy atom. The highest BCUT2D eigenvalue weighted by atomic mass is 32.2. The van der Waals surface area contributed by atoms with Crippen molar-refractivity contribution in [2.24, 2.45) is 0 Å². The molecular formula is C21H23N3O3S2. The molecule has 0 aliphatic heterocycles. The fourth-order valence-corrected chi connectivity index (χ4v) is 5.73. The van der Waals surface area contributed by atoms with Crippen LogP contribution in [0.15, 0.2) is 34.2 Å². The van der Waals surface area contributed by atoms with Crippen LogP contribution in [-0.4, -0.2) is 34.9 Å². The molecule has 1 amide bonds. The fourth-order valence-electron chi connectivity index (χ4n) is 3.60. The Bertz CT molecular complexity index is 1120. The second kappa shape index (κ2) is 8.69. The largest absolute Gasteiger partial charge is 0.383 e. The summed E-state index contributed by atoms with van der Waals surface area (Å²) in [6.07, 6.45) is 3.07. The molecule has 6 nitrogen and oxygen atoms in total. The van der Waals surface area contributed by atoms with E-state index in [9.17, 15) is 9.59 Å². The monoisotopic (exact) mass is 429 g/mol. The van der Waals surface area contributed by atoms with Gasteiger partial charge in [-0.25, -0.2) is 4.98 Å². The Balaban J connectivity index is 1.58. The first kappa shape index (κ1) is 20.1. The van der Waals surface area contributed by atoms with Gasteiger partial charge in [0.25, 0.3) is 5.56 Å². The zero-order valence-corrected chi connectivity index (χ0v) is 18.1. The Morgan fingerprint density at radius 1 is 1.38 bits per heavy atom. The third kappa shape index (κ3) is 4.24. The molecule has 1 aromatic carbocycles. The molecule has 29 heavy (non-hydrogen) atoms. The van der Waals surface area contributed by atoms with Crippen LogP contribution < -0.4 is 10.9 Å². The van der Waals surface area contributed by atoms with E-state index in [2.05, 4.69) is 5.32 Å². The number of amides is 1. The van der Waals surface area contributed by atoms with E-state index in [-0.39, 0.29) is 17.2 Å². The van der Waals surface area contributed by atoms with Crippen LogP contribution in [-0.2, 0) is 28.9 Å². The summed E-state index contributed by atoms with van der Waals surface area (Å²) in [5.41, 5.74) is 3.00. The van der Waals surface area contributed by atoms with Gasteiger partial charge in [-0.1, -0.05) is 23.9 Å². The van der Waals surface area contributed by atoms with Crippen LogP contribution in [0.25, 0.3) is 10.2 Å². The fraction of sp³-hybridized carbons (Fsp3) is 0.381. The van der Waals surface area contributed by atoms with Gasteiger partial charge >= 0.3 is 0 Å². The van der Waals surface area contributed by atoms with Crippen molar-refractivity contribution in [2.75, 3.05) is 24.8 Å². The van der Waals surface area contributed by atoms with Gasteiger partial charge in [0.15, 0.2) is 5.16 Å². The molecule has 1 N–H and O–H groups in total. The molecule has 0 unspecified atom stereocenters. The van der Waals surface area contributed by atoms with E-state index in [0.29, 0.717) is 18.3 Å². The summed E-state index contributed by atoms with van der Waals surface area (Å²) in [6, 6.07) is 7.68. The van der Waals surface area contributed by atoms with Gasteiger partial charge in [0, 0.05) is 17.7 Å². The molecule has 4 rings (SSSR count). The van der Waals surface area contributed by atoms with Gasteiger partial charge in [-0.3, -0.25) is 14.2 Å². The number of thiophene rings is 1. The van der Waals surface area contributed by atoms with Crippen LogP contribution in [0.4, 0.5) is 5.69 Å². The third-order valence-corrected chi connectivity index (χ3v) is 7.11. The molecule has 2 aromatic heterocycles. The van der Waals surface area contributed by atoms with Gasteiger partial charge in [0.2, 0.25) is 5.91 Å². The van der Waals surface area contributed by atoms with Crippen molar-refractivity contribution in [1.82, 2.24) is 9.55 Å². The van der Waals surface area contributed by atoms with Crippen LogP contribution in [0.5, 0.6) is 0 Å². The number of ether oxygens (including phenoxy) is 1. The van der Waals surface area contributed by atoms with Crippen molar-refractivity contribution < 1.29 is 9.53 Å².